The largest absolute Gasteiger partial charge is 0.378 e. The van der Waals surface area contributed by atoms with Gasteiger partial charge in [0, 0.05) is 11.9 Å². The van der Waals surface area contributed by atoms with Crippen LogP contribution in [0.2, 0.25) is 4.34 Å². The number of morpholine rings is 1. The molecule has 0 aliphatic carbocycles. The number of thiazole rings is 1. The monoisotopic (exact) mass is 322 g/mol. The van der Waals surface area contributed by atoms with E-state index in [9.17, 15) is 0 Å². The highest BCUT2D eigenvalue weighted by atomic mass is 35.5. The highest BCUT2D eigenvalue weighted by Gasteiger charge is 2.19. The van der Waals surface area contributed by atoms with E-state index in [0.717, 1.165) is 33.1 Å². The number of rotatable bonds is 2. The predicted octanol–water partition coefficient (Wildman–Crippen LogP) is 3.61. The average molecular weight is 323 g/mol. The van der Waals surface area contributed by atoms with Gasteiger partial charge in [-0.2, -0.15) is 0 Å². The molecule has 0 spiro atoms. The van der Waals surface area contributed by atoms with Crippen LogP contribution in [0.25, 0.3) is 10.6 Å². The maximum Gasteiger partial charge on any atom is 0.113 e. The molecule has 7 heteroatoms. The van der Waals surface area contributed by atoms with Gasteiger partial charge in [0.05, 0.1) is 34.2 Å². The Morgan fingerprint density at radius 1 is 1.44 bits per heavy atom. The molecule has 1 aliphatic heterocycles. The maximum atomic E-state index is 5.93. The quantitative estimate of drug-likeness (QED) is 0.917. The fourth-order valence-corrected chi connectivity index (χ4v) is 3.69. The van der Waals surface area contributed by atoms with Crippen LogP contribution in [0.5, 0.6) is 0 Å². The summed E-state index contributed by atoms with van der Waals surface area (Å²) in [6, 6.07) is 4.15. The van der Waals surface area contributed by atoms with Gasteiger partial charge >= 0.3 is 0 Å². The van der Waals surface area contributed by atoms with Crippen molar-refractivity contribution in [1.29, 1.82) is 0 Å². The van der Waals surface area contributed by atoms with Crippen molar-refractivity contribution in [2.45, 2.75) is 6.04 Å². The van der Waals surface area contributed by atoms with Gasteiger partial charge in [-0.05, 0) is 12.1 Å². The molecule has 0 aromatic carbocycles. The van der Waals surface area contributed by atoms with E-state index in [-0.39, 0.29) is 18.4 Å². The molecule has 0 amide bonds. The third-order valence-corrected chi connectivity index (χ3v) is 4.78. The first-order valence-electron chi connectivity index (χ1n) is 5.35. The number of thiophene rings is 1. The minimum Gasteiger partial charge on any atom is -0.378 e. The summed E-state index contributed by atoms with van der Waals surface area (Å²) < 4.78 is 6.24. The number of ether oxygens (including phenoxy) is 1. The van der Waals surface area contributed by atoms with Crippen LogP contribution in [-0.2, 0) is 4.74 Å². The molecule has 1 atom stereocenters. The van der Waals surface area contributed by atoms with Gasteiger partial charge in [0.15, 0.2) is 0 Å². The second kappa shape index (κ2) is 6.32. The Hall–Kier alpha value is -0.170. The Balaban J connectivity index is 0.00000120. The van der Waals surface area contributed by atoms with Gasteiger partial charge in [-0.15, -0.1) is 35.1 Å². The fourth-order valence-electron chi connectivity index (χ4n) is 1.74. The molecule has 1 fully saturated rings. The van der Waals surface area contributed by atoms with E-state index in [1.54, 1.807) is 22.7 Å². The van der Waals surface area contributed by atoms with E-state index in [1.165, 1.54) is 0 Å². The van der Waals surface area contributed by atoms with Crippen LogP contribution in [-0.4, -0.2) is 24.7 Å². The lowest BCUT2D eigenvalue weighted by atomic mass is 10.3. The molecule has 0 bridgehead atoms. The van der Waals surface area contributed by atoms with Gasteiger partial charge in [-0.25, -0.2) is 4.98 Å². The van der Waals surface area contributed by atoms with Gasteiger partial charge in [-0.3, -0.25) is 0 Å². The summed E-state index contributed by atoms with van der Waals surface area (Å²) in [5, 5.41) is 6.57. The number of hydrogen-bond acceptors (Lipinski definition) is 5. The average Bonchev–Trinajstić information content (AvgIpc) is 2.98. The van der Waals surface area contributed by atoms with Crippen molar-refractivity contribution in [3.63, 3.8) is 0 Å². The Kier molecular flexibility index (Phi) is 5.00. The molecule has 98 valence electrons. The van der Waals surface area contributed by atoms with Gasteiger partial charge < -0.3 is 10.1 Å². The maximum absolute atomic E-state index is 5.93. The molecule has 1 N–H and O–H groups in total. The first-order chi connectivity index (χ1) is 8.33. The highest BCUT2D eigenvalue weighted by Crippen LogP contribution is 2.33. The lowest BCUT2D eigenvalue weighted by Gasteiger charge is -2.21. The molecule has 3 nitrogen and oxygen atoms in total. The zero-order valence-corrected chi connectivity index (χ0v) is 12.6. The highest BCUT2D eigenvalue weighted by molar-refractivity contribution is 7.19. The van der Waals surface area contributed by atoms with E-state index in [2.05, 4.69) is 15.7 Å². The second-order valence-corrected chi connectivity index (χ2v) is 6.36. The van der Waals surface area contributed by atoms with Crippen molar-refractivity contribution in [2.75, 3.05) is 19.8 Å². The van der Waals surface area contributed by atoms with E-state index in [4.69, 9.17) is 16.3 Å². The van der Waals surface area contributed by atoms with Crippen molar-refractivity contribution in [2.24, 2.45) is 0 Å². The third kappa shape index (κ3) is 3.04. The van der Waals surface area contributed by atoms with Gasteiger partial charge in [0.1, 0.15) is 5.01 Å². The van der Waals surface area contributed by atoms with E-state index in [0.29, 0.717) is 6.61 Å². The summed E-state index contributed by atoms with van der Waals surface area (Å²) in [5.74, 6) is 0. The SMILES string of the molecule is Cl.Clc1ccc(-c2csc(C3COCCN3)n2)s1. The Morgan fingerprint density at radius 2 is 2.33 bits per heavy atom. The van der Waals surface area contributed by atoms with Gasteiger partial charge in [0.2, 0.25) is 0 Å². The summed E-state index contributed by atoms with van der Waals surface area (Å²) in [4.78, 5) is 5.76. The second-order valence-electron chi connectivity index (χ2n) is 3.76. The lowest BCUT2D eigenvalue weighted by Crippen LogP contribution is -2.34. The van der Waals surface area contributed by atoms with E-state index >= 15 is 0 Å². The van der Waals surface area contributed by atoms with Crippen molar-refractivity contribution in [3.05, 3.63) is 26.9 Å². The molecule has 0 saturated carbocycles. The lowest BCUT2D eigenvalue weighted by molar-refractivity contribution is 0.0768. The topological polar surface area (TPSA) is 34.1 Å². The van der Waals surface area contributed by atoms with E-state index < -0.39 is 0 Å². The van der Waals surface area contributed by atoms with Crippen molar-refractivity contribution in [3.8, 4) is 10.6 Å². The zero-order valence-electron chi connectivity index (χ0n) is 9.39. The molecule has 1 aliphatic rings. The van der Waals surface area contributed by atoms with Gasteiger partial charge in [0.25, 0.3) is 0 Å². The van der Waals surface area contributed by atoms with Crippen LogP contribution in [0.1, 0.15) is 11.0 Å². The van der Waals surface area contributed by atoms with Crippen molar-refractivity contribution < 1.29 is 4.74 Å². The number of nitrogens with zero attached hydrogens (tertiary/aromatic N) is 1. The summed E-state index contributed by atoms with van der Waals surface area (Å²) in [6.07, 6.45) is 0. The first-order valence-corrected chi connectivity index (χ1v) is 7.42. The number of hydrogen-bond donors (Lipinski definition) is 1. The smallest absolute Gasteiger partial charge is 0.113 e. The number of aromatic nitrogens is 1. The number of nitrogens with one attached hydrogen (secondary N) is 1. The molecule has 2 aromatic rings. The fraction of sp³-hybridized carbons (Fsp3) is 0.364. The van der Waals surface area contributed by atoms with Crippen LogP contribution in [0.4, 0.5) is 0 Å². The van der Waals surface area contributed by atoms with Crippen LogP contribution in [0.15, 0.2) is 17.5 Å². The number of halogens is 2. The van der Waals surface area contributed by atoms with Crippen molar-refractivity contribution in [1.82, 2.24) is 10.3 Å². The Bertz CT molecular complexity index is 509. The molecule has 1 unspecified atom stereocenters. The molecule has 0 radical (unpaired) electrons. The molecule has 2 aromatic heterocycles. The molecule has 18 heavy (non-hydrogen) atoms. The zero-order chi connectivity index (χ0) is 11.7. The van der Waals surface area contributed by atoms with E-state index in [1.807, 2.05) is 12.1 Å². The van der Waals surface area contributed by atoms with Crippen LogP contribution < -0.4 is 5.32 Å². The normalized spacial score (nSPS) is 19.5. The molecular formula is C11H12Cl2N2OS2. The first kappa shape index (κ1) is 14.2. The standard InChI is InChI=1S/C11H11ClN2OS2.ClH/c12-10-2-1-9(17-10)8-6-16-11(14-8)7-5-15-4-3-13-7;/h1-2,6-7,13H,3-5H2;1H. The van der Waals surface area contributed by atoms with Crippen LogP contribution in [0.3, 0.4) is 0 Å². The van der Waals surface area contributed by atoms with Crippen LogP contribution in [0, 0.1) is 0 Å². The minimum absolute atomic E-state index is 0. The summed E-state index contributed by atoms with van der Waals surface area (Å²) in [7, 11) is 0. The summed E-state index contributed by atoms with van der Waals surface area (Å²) in [5.41, 5.74) is 1.01. The molecule has 3 heterocycles. The Labute approximate surface area is 125 Å². The molecule has 3 rings (SSSR count). The van der Waals surface area contributed by atoms with Crippen LogP contribution >= 0.6 is 46.7 Å². The van der Waals surface area contributed by atoms with Gasteiger partial charge in [-0.1, -0.05) is 11.6 Å². The minimum atomic E-state index is 0. The van der Waals surface area contributed by atoms with Crippen molar-refractivity contribution >= 4 is 46.7 Å². The predicted molar refractivity (Wildman–Crippen MR) is 79.2 cm³/mol. The summed E-state index contributed by atoms with van der Waals surface area (Å²) in [6.45, 7) is 2.39. The molecule has 1 saturated heterocycles. The molecular weight excluding hydrogens is 311 g/mol. The Morgan fingerprint density at radius 3 is 3.00 bits per heavy atom. The third-order valence-electron chi connectivity index (χ3n) is 2.57. The summed E-state index contributed by atoms with van der Waals surface area (Å²) >= 11 is 9.16.